The quantitative estimate of drug-likeness (QED) is 0.504. The van der Waals surface area contributed by atoms with Gasteiger partial charge in [0, 0.05) is 44.4 Å². The third-order valence-corrected chi connectivity index (χ3v) is 3.72. The van der Waals surface area contributed by atoms with Crippen molar-refractivity contribution in [2.24, 2.45) is 0 Å². The molecule has 0 atom stereocenters. The Kier molecular flexibility index (Phi) is 4.86. The first-order valence-corrected chi connectivity index (χ1v) is 7.93. The van der Waals surface area contributed by atoms with Gasteiger partial charge < -0.3 is 24.4 Å². The van der Waals surface area contributed by atoms with Crippen LogP contribution in [0.5, 0.6) is 23.0 Å². The van der Waals surface area contributed by atoms with Gasteiger partial charge in [0.1, 0.15) is 28.6 Å². The second-order valence-corrected chi connectivity index (χ2v) is 5.97. The molecule has 1 heterocycles. The van der Waals surface area contributed by atoms with Gasteiger partial charge >= 0.3 is 0 Å². The Morgan fingerprint density at radius 1 is 1.18 bits per heavy atom. The molecular weight excluding hydrogens is 370 g/mol. The van der Waals surface area contributed by atoms with Crippen LogP contribution in [0, 0.1) is 10.1 Å². The van der Waals surface area contributed by atoms with E-state index < -0.39 is 10.8 Å². The summed E-state index contributed by atoms with van der Waals surface area (Å²) >= 11 is 0. The standard InChI is InChI=1S/C18H15N3O7/c1-20(2)18(24)13-9-16(28-19-13)17-14(23)7-11(22)8-15(17)27-12-5-3-10(4-6-12)21(25)26/h3-9,22-23H,1-2H3. The average molecular weight is 385 g/mol. The minimum atomic E-state index is -0.548. The third-order valence-electron chi connectivity index (χ3n) is 3.72. The number of carbonyl (C=O) groups excluding carboxylic acids is 1. The zero-order valence-electron chi connectivity index (χ0n) is 14.8. The predicted molar refractivity (Wildman–Crippen MR) is 96.5 cm³/mol. The number of phenolic OH excluding ortho intramolecular Hbond substituents is 2. The van der Waals surface area contributed by atoms with E-state index in [1.54, 1.807) is 14.1 Å². The normalized spacial score (nSPS) is 10.5. The van der Waals surface area contributed by atoms with Crippen molar-refractivity contribution in [2.75, 3.05) is 14.1 Å². The molecule has 10 heteroatoms. The fourth-order valence-corrected chi connectivity index (χ4v) is 2.40. The Balaban J connectivity index is 2.01. The maximum Gasteiger partial charge on any atom is 0.275 e. The predicted octanol–water partition coefficient (Wildman–Crippen LogP) is 3.16. The summed E-state index contributed by atoms with van der Waals surface area (Å²) in [7, 11) is 3.11. The summed E-state index contributed by atoms with van der Waals surface area (Å²) in [6, 6.07) is 8.87. The van der Waals surface area contributed by atoms with Crippen molar-refractivity contribution in [1.82, 2.24) is 10.1 Å². The van der Waals surface area contributed by atoms with E-state index in [2.05, 4.69) is 5.16 Å². The maximum absolute atomic E-state index is 12.0. The molecule has 0 bridgehead atoms. The number of amides is 1. The highest BCUT2D eigenvalue weighted by Gasteiger charge is 2.22. The van der Waals surface area contributed by atoms with Crippen LogP contribution in [0.25, 0.3) is 11.3 Å². The number of nitro groups is 1. The molecular formula is C18H15N3O7. The van der Waals surface area contributed by atoms with E-state index in [4.69, 9.17) is 9.26 Å². The molecule has 28 heavy (non-hydrogen) atoms. The number of rotatable bonds is 5. The second-order valence-electron chi connectivity index (χ2n) is 5.97. The number of non-ortho nitro benzene ring substituents is 1. The molecule has 0 aliphatic carbocycles. The number of ether oxygens (including phenoxy) is 1. The van der Waals surface area contributed by atoms with Gasteiger partial charge in [-0.15, -0.1) is 0 Å². The average Bonchev–Trinajstić information content (AvgIpc) is 3.10. The number of nitrogens with zero attached hydrogens (tertiary/aromatic N) is 3. The van der Waals surface area contributed by atoms with Crippen LogP contribution in [0.15, 0.2) is 47.0 Å². The lowest BCUT2D eigenvalue weighted by atomic mass is 10.1. The molecule has 2 aromatic carbocycles. The number of hydrogen-bond donors (Lipinski definition) is 2. The fourth-order valence-electron chi connectivity index (χ4n) is 2.40. The van der Waals surface area contributed by atoms with E-state index in [0.717, 1.165) is 6.07 Å². The van der Waals surface area contributed by atoms with E-state index >= 15 is 0 Å². The molecule has 0 saturated heterocycles. The molecule has 0 radical (unpaired) electrons. The van der Waals surface area contributed by atoms with Crippen LogP contribution in [0.2, 0.25) is 0 Å². The van der Waals surface area contributed by atoms with Crippen LogP contribution in [-0.4, -0.2) is 45.2 Å². The zero-order chi connectivity index (χ0) is 20.4. The van der Waals surface area contributed by atoms with Gasteiger partial charge in [-0.05, 0) is 12.1 Å². The van der Waals surface area contributed by atoms with Crippen LogP contribution in [0.4, 0.5) is 5.69 Å². The smallest absolute Gasteiger partial charge is 0.275 e. The summed E-state index contributed by atoms with van der Waals surface area (Å²) in [5.74, 6) is -0.766. The highest BCUT2D eigenvalue weighted by molar-refractivity contribution is 5.93. The SMILES string of the molecule is CN(C)C(=O)c1cc(-c2c(O)cc(O)cc2Oc2ccc([N+](=O)[O-])cc2)on1. The number of aromatic hydroxyl groups is 2. The zero-order valence-corrected chi connectivity index (χ0v) is 14.8. The van der Waals surface area contributed by atoms with Crippen molar-refractivity contribution in [3.63, 3.8) is 0 Å². The Labute approximate surface area is 158 Å². The Hall–Kier alpha value is -4.08. The van der Waals surface area contributed by atoms with E-state index in [0.29, 0.717) is 0 Å². The number of nitro benzene ring substituents is 1. The summed E-state index contributed by atoms with van der Waals surface area (Å²) in [5.41, 5.74) is -0.0383. The van der Waals surface area contributed by atoms with Gasteiger partial charge in [-0.3, -0.25) is 14.9 Å². The number of phenols is 2. The molecule has 0 aliphatic rings. The van der Waals surface area contributed by atoms with E-state index in [9.17, 15) is 25.1 Å². The summed E-state index contributed by atoms with van der Waals surface area (Å²) in [6.45, 7) is 0. The van der Waals surface area contributed by atoms with Crippen molar-refractivity contribution < 1.29 is 29.2 Å². The van der Waals surface area contributed by atoms with Crippen molar-refractivity contribution >= 4 is 11.6 Å². The summed E-state index contributed by atoms with van der Waals surface area (Å²) in [4.78, 5) is 23.5. The Morgan fingerprint density at radius 3 is 2.46 bits per heavy atom. The number of carbonyl (C=O) groups is 1. The highest BCUT2D eigenvalue weighted by atomic mass is 16.6. The first-order valence-electron chi connectivity index (χ1n) is 7.93. The molecule has 2 N–H and O–H groups in total. The molecule has 144 valence electrons. The lowest BCUT2D eigenvalue weighted by Crippen LogP contribution is -2.21. The van der Waals surface area contributed by atoms with Crippen LogP contribution in [0.1, 0.15) is 10.5 Å². The Morgan fingerprint density at radius 2 is 1.86 bits per heavy atom. The summed E-state index contributed by atoms with van der Waals surface area (Å²) < 4.78 is 10.8. The van der Waals surface area contributed by atoms with Gasteiger partial charge in [-0.1, -0.05) is 5.16 Å². The van der Waals surface area contributed by atoms with Crippen LogP contribution < -0.4 is 4.74 Å². The fraction of sp³-hybridized carbons (Fsp3) is 0.111. The molecule has 0 spiro atoms. The van der Waals surface area contributed by atoms with Gasteiger partial charge in [0.15, 0.2) is 11.5 Å². The number of hydrogen-bond acceptors (Lipinski definition) is 8. The molecule has 3 aromatic rings. The summed E-state index contributed by atoms with van der Waals surface area (Å²) in [5, 5.41) is 34.5. The molecule has 0 saturated carbocycles. The van der Waals surface area contributed by atoms with Gasteiger partial charge in [-0.25, -0.2) is 0 Å². The topological polar surface area (TPSA) is 139 Å². The van der Waals surface area contributed by atoms with Crippen molar-refractivity contribution in [2.45, 2.75) is 0 Å². The second kappa shape index (κ2) is 7.27. The monoisotopic (exact) mass is 385 g/mol. The van der Waals surface area contributed by atoms with E-state index in [-0.39, 0.29) is 45.7 Å². The molecule has 10 nitrogen and oxygen atoms in total. The molecule has 0 fully saturated rings. The minimum Gasteiger partial charge on any atom is -0.508 e. The van der Waals surface area contributed by atoms with Crippen LogP contribution in [0.3, 0.4) is 0 Å². The third kappa shape index (κ3) is 3.70. The lowest BCUT2D eigenvalue weighted by molar-refractivity contribution is -0.384. The van der Waals surface area contributed by atoms with Gasteiger partial charge in [-0.2, -0.15) is 0 Å². The Bertz CT molecular complexity index is 1040. The van der Waals surface area contributed by atoms with Gasteiger partial charge in [0.05, 0.1) is 4.92 Å². The maximum atomic E-state index is 12.0. The van der Waals surface area contributed by atoms with Crippen LogP contribution >= 0.6 is 0 Å². The summed E-state index contributed by atoms with van der Waals surface area (Å²) in [6.07, 6.45) is 0. The van der Waals surface area contributed by atoms with Gasteiger partial charge in [0.25, 0.3) is 11.6 Å². The van der Waals surface area contributed by atoms with Crippen LogP contribution in [-0.2, 0) is 0 Å². The lowest BCUT2D eigenvalue weighted by Gasteiger charge is -2.11. The number of aromatic nitrogens is 1. The molecule has 0 aliphatic heterocycles. The molecule has 0 unspecified atom stereocenters. The van der Waals surface area contributed by atoms with Gasteiger partial charge in [0.2, 0.25) is 0 Å². The molecule has 3 rings (SSSR count). The van der Waals surface area contributed by atoms with E-state index in [1.165, 1.54) is 41.3 Å². The number of benzene rings is 2. The van der Waals surface area contributed by atoms with Crippen molar-refractivity contribution in [1.29, 1.82) is 0 Å². The van der Waals surface area contributed by atoms with Crippen molar-refractivity contribution in [3.05, 3.63) is 58.3 Å². The first kappa shape index (κ1) is 18.7. The largest absolute Gasteiger partial charge is 0.508 e. The van der Waals surface area contributed by atoms with Crippen molar-refractivity contribution in [3.8, 4) is 34.3 Å². The highest BCUT2D eigenvalue weighted by Crippen LogP contribution is 2.43. The first-order chi connectivity index (χ1) is 13.3. The minimum absolute atomic E-state index is 0.00588. The van der Waals surface area contributed by atoms with E-state index in [1.807, 2.05) is 0 Å². The molecule has 1 amide bonds. The molecule has 1 aromatic heterocycles.